The third kappa shape index (κ3) is 4.63. The van der Waals surface area contributed by atoms with Gasteiger partial charge in [0.05, 0.1) is 6.04 Å². The van der Waals surface area contributed by atoms with Crippen molar-refractivity contribution >= 4 is 11.6 Å². The molecule has 1 amide bonds. The van der Waals surface area contributed by atoms with E-state index in [1.165, 1.54) is 6.07 Å². The maximum Gasteiger partial charge on any atom is 0.387 e. The predicted molar refractivity (Wildman–Crippen MR) is 71.9 cm³/mol. The molecule has 0 aromatic heterocycles. The molecular formula is C14H17F3N2O2. The van der Waals surface area contributed by atoms with E-state index in [-0.39, 0.29) is 17.6 Å². The van der Waals surface area contributed by atoms with Crippen molar-refractivity contribution < 1.29 is 22.7 Å². The third-order valence-electron chi connectivity index (χ3n) is 3.29. The average molecular weight is 302 g/mol. The van der Waals surface area contributed by atoms with E-state index in [1.54, 1.807) is 0 Å². The van der Waals surface area contributed by atoms with Crippen LogP contribution in [0.1, 0.15) is 25.7 Å². The molecule has 1 aliphatic rings. The number of rotatable bonds is 4. The molecule has 2 N–H and O–H groups in total. The highest BCUT2D eigenvalue weighted by Gasteiger charge is 2.20. The minimum atomic E-state index is -3.09. The Bertz CT molecular complexity index is 489. The summed E-state index contributed by atoms with van der Waals surface area (Å²) >= 11 is 0. The highest BCUT2D eigenvalue weighted by atomic mass is 19.3. The predicted octanol–water partition coefficient (Wildman–Crippen LogP) is 2.90. The molecule has 0 aliphatic carbocycles. The van der Waals surface area contributed by atoms with E-state index in [1.807, 2.05) is 0 Å². The number of hydrogen-bond donors (Lipinski definition) is 2. The van der Waals surface area contributed by atoms with Gasteiger partial charge in [0.1, 0.15) is 0 Å². The quantitative estimate of drug-likeness (QED) is 0.899. The van der Waals surface area contributed by atoms with Gasteiger partial charge in [-0.05, 0) is 31.5 Å². The second-order valence-corrected chi connectivity index (χ2v) is 4.87. The van der Waals surface area contributed by atoms with Gasteiger partial charge in [0.2, 0.25) is 5.91 Å². The Morgan fingerprint density at radius 2 is 2.14 bits per heavy atom. The van der Waals surface area contributed by atoms with Crippen molar-refractivity contribution in [3.8, 4) is 5.75 Å². The number of carbonyl (C=O) groups is 1. The summed E-state index contributed by atoms with van der Waals surface area (Å²) in [5, 5.41) is 5.70. The number of carbonyl (C=O) groups excluding carboxylic acids is 1. The number of nitrogens with one attached hydrogen (secondary N) is 2. The molecule has 0 saturated carbocycles. The Balaban J connectivity index is 1.98. The summed E-state index contributed by atoms with van der Waals surface area (Å²) in [6, 6.07) is 3.05. The fraction of sp³-hybridized carbons (Fsp3) is 0.500. The fourth-order valence-electron chi connectivity index (χ4n) is 2.25. The van der Waals surface area contributed by atoms with Gasteiger partial charge in [-0.25, -0.2) is 4.39 Å². The molecule has 116 valence electrons. The van der Waals surface area contributed by atoms with E-state index >= 15 is 0 Å². The summed E-state index contributed by atoms with van der Waals surface area (Å²) in [6.07, 6.45) is 3.78. The lowest BCUT2D eigenvalue weighted by atomic mass is 10.1. The van der Waals surface area contributed by atoms with Crippen LogP contribution in [-0.4, -0.2) is 25.1 Å². The van der Waals surface area contributed by atoms with Crippen LogP contribution in [0.5, 0.6) is 5.75 Å². The van der Waals surface area contributed by atoms with Gasteiger partial charge in [-0.15, -0.1) is 0 Å². The monoisotopic (exact) mass is 302 g/mol. The van der Waals surface area contributed by atoms with Crippen LogP contribution in [0.3, 0.4) is 0 Å². The molecule has 1 aliphatic heterocycles. The van der Waals surface area contributed by atoms with Crippen molar-refractivity contribution in [2.75, 3.05) is 11.9 Å². The molecule has 2 rings (SSSR count). The Labute approximate surface area is 120 Å². The first kappa shape index (κ1) is 15.6. The molecule has 1 aromatic carbocycles. The maximum absolute atomic E-state index is 13.5. The van der Waals surface area contributed by atoms with E-state index in [4.69, 9.17) is 0 Å². The van der Waals surface area contributed by atoms with Crippen LogP contribution >= 0.6 is 0 Å². The SMILES string of the molecule is O=C(Nc1ccc(OC(F)F)c(F)c1)C1CCCCCN1. The molecule has 7 heteroatoms. The van der Waals surface area contributed by atoms with Gasteiger partial charge in [-0.1, -0.05) is 12.8 Å². The van der Waals surface area contributed by atoms with Crippen LogP contribution in [0.25, 0.3) is 0 Å². The van der Waals surface area contributed by atoms with Gasteiger partial charge in [0.25, 0.3) is 0 Å². The van der Waals surface area contributed by atoms with E-state index in [0.29, 0.717) is 0 Å². The van der Waals surface area contributed by atoms with Crippen molar-refractivity contribution in [3.63, 3.8) is 0 Å². The molecule has 1 aromatic rings. The highest BCUT2D eigenvalue weighted by molar-refractivity contribution is 5.94. The number of hydrogen-bond acceptors (Lipinski definition) is 3. The molecule has 4 nitrogen and oxygen atoms in total. The molecule has 1 heterocycles. The Morgan fingerprint density at radius 1 is 1.33 bits per heavy atom. The molecular weight excluding hydrogens is 285 g/mol. The first-order valence-corrected chi connectivity index (χ1v) is 6.85. The minimum Gasteiger partial charge on any atom is -0.432 e. The van der Waals surface area contributed by atoms with Gasteiger partial charge >= 0.3 is 6.61 Å². The highest BCUT2D eigenvalue weighted by Crippen LogP contribution is 2.23. The normalized spacial score (nSPS) is 19.1. The molecule has 1 atom stereocenters. The first-order valence-electron chi connectivity index (χ1n) is 6.85. The van der Waals surface area contributed by atoms with Gasteiger partial charge in [0, 0.05) is 11.8 Å². The van der Waals surface area contributed by atoms with Crippen molar-refractivity contribution in [3.05, 3.63) is 24.0 Å². The zero-order valence-electron chi connectivity index (χ0n) is 11.4. The maximum atomic E-state index is 13.5. The van der Waals surface area contributed by atoms with Gasteiger partial charge in [-0.3, -0.25) is 4.79 Å². The van der Waals surface area contributed by atoms with Gasteiger partial charge in [0.15, 0.2) is 11.6 Å². The van der Waals surface area contributed by atoms with Crippen LogP contribution in [0.15, 0.2) is 18.2 Å². The second kappa shape index (κ2) is 7.31. The van der Waals surface area contributed by atoms with E-state index in [0.717, 1.165) is 44.4 Å². The lowest BCUT2D eigenvalue weighted by Gasteiger charge is -2.16. The standard InChI is InChI=1S/C14H17F3N2O2/c15-10-8-9(5-6-12(10)21-14(16)17)19-13(20)11-4-2-1-3-7-18-11/h5-6,8,11,14,18H,1-4,7H2,(H,19,20). The van der Waals surface area contributed by atoms with Crippen molar-refractivity contribution in [2.24, 2.45) is 0 Å². The molecule has 0 bridgehead atoms. The van der Waals surface area contributed by atoms with Gasteiger partial charge < -0.3 is 15.4 Å². The number of anilines is 1. The lowest BCUT2D eigenvalue weighted by molar-refractivity contribution is -0.118. The molecule has 0 radical (unpaired) electrons. The summed E-state index contributed by atoms with van der Waals surface area (Å²) in [5.74, 6) is -1.74. The zero-order valence-corrected chi connectivity index (χ0v) is 11.4. The summed E-state index contributed by atoms with van der Waals surface area (Å²) in [4.78, 5) is 12.0. The van der Waals surface area contributed by atoms with Gasteiger partial charge in [-0.2, -0.15) is 8.78 Å². The number of benzene rings is 1. The van der Waals surface area contributed by atoms with Crippen LogP contribution < -0.4 is 15.4 Å². The van der Waals surface area contributed by atoms with Crippen LogP contribution in [0.4, 0.5) is 18.9 Å². The number of halogens is 3. The number of ether oxygens (including phenoxy) is 1. The molecule has 21 heavy (non-hydrogen) atoms. The largest absolute Gasteiger partial charge is 0.432 e. The zero-order chi connectivity index (χ0) is 15.2. The average Bonchev–Trinajstić information content (AvgIpc) is 2.70. The Hall–Kier alpha value is -1.76. The van der Waals surface area contributed by atoms with Crippen LogP contribution in [0, 0.1) is 5.82 Å². The summed E-state index contributed by atoms with van der Waals surface area (Å²) in [5.41, 5.74) is 0.213. The number of amides is 1. The molecule has 1 unspecified atom stereocenters. The third-order valence-corrected chi connectivity index (χ3v) is 3.29. The Morgan fingerprint density at radius 3 is 2.86 bits per heavy atom. The van der Waals surface area contributed by atoms with Crippen molar-refractivity contribution in [1.82, 2.24) is 5.32 Å². The molecule has 0 spiro atoms. The number of alkyl halides is 2. The summed E-state index contributed by atoms with van der Waals surface area (Å²) in [6.45, 7) is -2.32. The second-order valence-electron chi connectivity index (χ2n) is 4.87. The lowest BCUT2D eigenvalue weighted by Crippen LogP contribution is -2.39. The van der Waals surface area contributed by atoms with E-state index < -0.39 is 18.2 Å². The molecule has 1 fully saturated rings. The summed E-state index contributed by atoms with van der Waals surface area (Å²) < 4.78 is 41.6. The van der Waals surface area contributed by atoms with Crippen molar-refractivity contribution in [2.45, 2.75) is 38.3 Å². The molecule has 1 saturated heterocycles. The minimum absolute atomic E-state index is 0.213. The van der Waals surface area contributed by atoms with Crippen LogP contribution in [0.2, 0.25) is 0 Å². The topological polar surface area (TPSA) is 50.4 Å². The van der Waals surface area contributed by atoms with E-state index in [9.17, 15) is 18.0 Å². The van der Waals surface area contributed by atoms with E-state index in [2.05, 4.69) is 15.4 Å². The van der Waals surface area contributed by atoms with Crippen molar-refractivity contribution in [1.29, 1.82) is 0 Å². The fourth-order valence-corrected chi connectivity index (χ4v) is 2.25. The Kier molecular flexibility index (Phi) is 5.44. The smallest absolute Gasteiger partial charge is 0.387 e. The first-order chi connectivity index (χ1) is 10.1. The summed E-state index contributed by atoms with van der Waals surface area (Å²) in [7, 11) is 0. The van der Waals surface area contributed by atoms with Crippen LogP contribution in [-0.2, 0) is 4.79 Å².